The first-order valence-electron chi connectivity index (χ1n) is 8.01. The number of hydrogen-bond donors (Lipinski definition) is 2. The number of hydrazone groups is 1. The summed E-state index contributed by atoms with van der Waals surface area (Å²) in [5.41, 5.74) is 3.55. The number of aromatic nitrogens is 4. The summed E-state index contributed by atoms with van der Waals surface area (Å²) >= 11 is 0. The standard InChI is InChI=1S/C17H20N6O2/c1-11(2)10-23-13-14(22(3)17(25)20-15(13)24)19-16(23)21-18-9-12-7-5-4-6-8-12/h4-9,11H,10H2,1-3H3,(H,19,21)(H,20,24,25)/b18-9-. The van der Waals surface area contributed by atoms with E-state index in [9.17, 15) is 9.59 Å². The van der Waals surface area contributed by atoms with Crippen molar-refractivity contribution in [3.05, 3.63) is 56.7 Å². The number of rotatable bonds is 5. The first-order valence-corrected chi connectivity index (χ1v) is 8.01. The maximum atomic E-state index is 12.3. The summed E-state index contributed by atoms with van der Waals surface area (Å²) in [4.78, 5) is 30.8. The molecule has 0 radical (unpaired) electrons. The number of nitrogens with one attached hydrogen (secondary N) is 2. The number of benzene rings is 1. The van der Waals surface area contributed by atoms with Crippen LogP contribution in [0.1, 0.15) is 19.4 Å². The number of anilines is 1. The Labute approximate surface area is 143 Å². The van der Waals surface area contributed by atoms with Gasteiger partial charge in [-0.25, -0.2) is 10.2 Å². The zero-order chi connectivity index (χ0) is 18.0. The zero-order valence-electron chi connectivity index (χ0n) is 14.4. The number of nitrogens with zero attached hydrogens (tertiary/aromatic N) is 4. The molecule has 2 aromatic heterocycles. The number of aromatic amines is 1. The molecule has 0 saturated carbocycles. The Bertz CT molecular complexity index is 1030. The first kappa shape index (κ1) is 16.7. The molecule has 0 bridgehead atoms. The van der Waals surface area contributed by atoms with Crippen LogP contribution in [-0.4, -0.2) is 25.3 Å². The molecule has 0 amide bonds. The summed E-state index contributed by atoms with van der Waals surface area (Å²) in [6.07, 6.45) is 1.67. The second kappa shape index (κ2) is 6.76. The maximum absolute atomic E-state index is 12.3. The predicted octanol–water partition coefficient (Wildman–Crippen LogP) is 1.53. The lowest BCUT2D eigenvalue weighted by Crippen LogP contribution is -2.29. The topological polar surface area (TPSA) is 97.1 Å². The Hall–Kier alpha value is -3.16. The van der Waals surface area contributed by atoms with Crippen LogP contribution in [0.5, 0.6) is 0 Å². The average Bonchev–Trinajstić information content (AvgIpc) is 2.92. The lowest BCUT2D eigenvalue weighted by Gasteiger charge is -2.10. The molecule has 130 valence electrons. The molecule has 8 nitrogen and oxygen atoms in total. The highest BCUT2D eigenvalue weighted by atomic mass is 16.2. The Balaban J connectivity index is 2.06. The Morgan fingerprint density at radius 1 is 1.28 bits per heavy atom. The lowest BCUT2D eigenvalue weighted by atomic mass is 10.2. The van der Waals surface area contributed by atoms with Crippen LogP contribution in [0.2, 0.25) is 0 Å². The van der Waals surface area contributed by atoms with Gasteiger partial charge in [-0.05, 0) is 11.5 Å². The van der Waals surface area contributed by atoms with E-state index in [1.807, 2.05) is 44.2 Å². The highest BCUT2D eigenvalue weighted by molar-refractivity contribution is 5.80. The number of imidazole rings is 1. The molecule has 0 spiro atoms. The molecule has 25 heavy (non-hydrogen) atoms. The van der Waals surface area contributed by atoms with E-state index in [0.29, 0.717) is 23.7 Å². The van der Waals surface area contributed by atoms with Crippen LogP contribution in [0, 0.1) is 5.92 Å². The summed E-state index contributed by atoms with van der Waals surface area (Å²) in [5, 5.41) is 4.20. The number of fused-ring (bicyclic) bond motifs is 1. The number of H-pyrrole nitrogens is 1. The minimum atomic E-state index is -0.494. The van der Waals surface area contributed by atoms with Gasteiger partial charge >= 0.3 is 5.69 Å². The van der Waals surface area contributed by atoms with E-state index in [1.54, 1.807) is 17.8 Å². The van der Waals surface area contributed by atoms with E-state index in [1.165, 1.54) is 4.57 Å². The zero-order valence-corrected chi connectivity index (χ0v) is 14.4. The van der Waals surface area contributed by atoms with Gasteiger partial charge in [-0.1, -0.05) is 44.2 Å². The van der Waals surface area contributed by atoms with Crippen LogP contribution >= 0.6 is 0 Å². The monoisotopic (exact) mass is 340 g/mol. The van der Waals surface area contributed by atoms with Crippen LogP contribution in [0.25, 0.3) is 11.2 Å². The summed E-state index contributed by atoms with van der Waals surface area (Å²) in [6.45, 7) is 4.65. The van der Waals surface area contributed by atoms with Crippen molar-refractivity contribution >= 4 is 23.3 Å². The van der Waals surface area contributed by atoms with Gasteiger partial charge in [0.2, 0.25) is 5.95 Å². The third kappa shape index (κ3) is 3.37. The van der Waals surface area contributed by atoms with Gasteiger partial charge < -0.3 is 4.57 Å². The van der Waals surface area contributed by atoms with Gasteiger partial charge in [-0.15, -0.1) is 0 Å². The quantitative estimate of drug-likeness (QED) is 0.544. The third-order valence-corrected chi connectivity index (χ3v) is 3.73. The molecule has 0 aliphatic rings. The second-order valence-corrected chi connectivity index (χ2v) is 6.21. The van der Waals surface area contributed by atoms with Crippen LogP contribution in [0.3, 0.4) is 0 Å². The van der Waals surface area contributed by atoms with Gasteiger partial charge in [-0.2, -0.15) is 10.1 Å². The van der Waals surface area contributed by atoms with Gasteiger partial charge in [0.25, 0.3) is 5.56 Å². The van der Waals surface area contributed by atoms with Crippen LogP contribution in [0.15, 0.2) is 45.0 Å². The summed E-state index contributed by atoms with van der Waals surface area (Å²) in [7, 11) is 1.57. The normalized spacial score (nSPS) is 11.7. The fourth-order valence-electron chi connectivity index (χ4n) is 2.57. The molecule has 3 aromatic rings. The van der Waals surface area contributed by atoms with Gasteiger partial charge in [0, 0.05) is 13.6 Å². The number of hydrogen-bond acceptors (Lipinski definition) is 5. The van der Waals surface area contributed by atoms with Crippen molar-refractivity contribution in [2.45, 2.75) is 20.4 Å². The van der Waals surface area contributed by atoms with Gasteiger partial charge in [0.1, 0.15) is 0 Å². The van der Waals surface area contributed by atoms with Crippen molar-refractivity contribution < 1.29 is 0 Å². The van der Waals surface area contributed by atoms with Gasteiger partial charge in [0.15, 0.2) is 11.2 Å². The molecule has 0 aliphatic heterocycles. The largest absolute Gasteiger partial charge is 0.329 e. The van der Waals surface area contributed by atoms with Gasteiger partial charge in [-0.3, -0.25) is 14.3 Å². The SMILES string of the molecule is CC(C)Cn1c(N/N=C\c2ccccc2)nc2c1c(=O)[nH]c(=O)n2C. The molecule has 8 heteroatoms. The van der Waals surface area contributed by atoms with Crippen molar-refractivity contribution in [1.82, 2.24) is 19.1 Å². The molecular formula is C17H20N6O2. The molecule has 3 rings (SSSR count). The molecule has 2 heterocycles. The fraction of sp³-hybridized carbons (Fsp3) is 0.294. The average molecular weight is 340 g/mol. The van der Waals surface area contributed by atoms with E-state index < -0.39 is 11.2 Å². The van der Waals surface area contributed by atoms with Crippen molar-refractivity contribution in [3.8, 4) is 0 Å². The molecule has 0 aliphatic carbocycles. The third-order valence-electron chi connectivity index (χ3n) is 3.73. The highest BCUT2D eigenvalue weighted by Crippen LogP contribution is 2.17. The molecular weight excluding hydrogens is 320 g/mol. The molecule has 1 aromatic carbocycles. The Kier molecular flexibility index (Phi) is 4.51. The predicted molar refractivity (Wildman–Crippen MR) is 98.1 cm³/mol. The van der Waals surface area contributed by atoms with Crippen LogP contribution in [0.4, 0.5) is 5.95 Å². The molecule has 0 unspecified atom stereocenters. The second-order valence-electron chi connectivity index (χ2n) is 6.21. The Morgan fingerprint density at radius 2 is 2.00 bits per heavy atom. The van der Waals surface area contributed by atoms with Crippen molar-refractivity contribution in [2.24, 2.45) is 18.1 Å². The van der Waals surface area contributed by atoms with Crippen molar-refractivity contribution in [3.63, 3.8) is 0 Å². The number of aryl methyl sites for hydroxylation is 1. The molecule has 0 saturated heterocycles. The van der Waals surface area contributed by atoms with E-state index in [4.69, 9.17) is 0 Å². The minimum Gasteiger partial charge on any atom is -0.303 e. The highest BCUT2D eigenvalue weighted by Gasteiger charge is 2.17. The van der Waals surface area contributed by atoms with Crippen LogP contribution < -0.4 is 16.7 Å². The fourth-order valence-corrected chi connectivity index (χ4v) is 2.57. The molecule has 0 fully saturated rings. The van der Waals surface area contributed by atoms with E-state index in [-0.39, 0.29) is 5.92 Å². The van der Waals surface area contributed by atoms with Gasteiger partial charge in [0.05, 0.1) is 6.21 Å². The molecule has 2 N–H and O–H groups in total. The van der Waals surface area contributed by atoms with Crippen molar-refractivity contribution in [1.29, 1.82) is 0 Å². The molecule has 0 atom stereocenters. The maximum Gasteiger partial charge on any atom is 0.329 e. The summed E-state index contributed by atoms with van der Waals surface area (Å²) in [5.74, 6) is 0.704. The first-order chi connectivity index (χ1) is 12.0. The van der Waals surface area contributed by atoms with Crippen LogP contribution in [-0.2, 0) is 13.6 Å². The minimum absolute atomic E-state index is 0.285. The smallest absolute Gasteiger partial charge is 0.303 e. The van der Waals surface area contributed by atoms with E-state index >= 15 is 0 Å². The lowest BCUT2D eigenvalue weighted by molar-refractivity contribution is 0.535. The Morgan fingerprint density at radius 3 is 2.68 bits per heavy atom. The van der Waals surface area contributed by atoms with E-state index in [0.717, 1.165) is 5.56 Å². The summed E-state index contributed by atoms with van der Waals surface area (Å²) < 4.78 is 3.07. The summed E-state index contributed by atoms with van der Waals surface area (Å²) in [6, 6.07) is 9.63. The van der Waals surface area contributed by atoms with Crippen molar-refractivity contribution in [2.75, 3.05) is 5.43 Å². The van der Waals surface area contributed by atoms with E-state index in [2.05, 4.69) is 20.5 Å².